The fraction of sp³-hybridized carbons (Fsp3) is 0.400. The number of nitriles is 1. The molecule has 2 aliphatic rings. The lowest BCUT2D eigenvalue weighted by molar-refractivity contribution is -0.0528. The van der Waals surface area contributed by atoms with Gasteiger partial charge in [0.2, 0.25) is 0 Å². The van der Waals surface area contributed by atoms with Crippen LogP contribution in [-0.2, 0) is 18.2 Å². The first kappa shape index (κ1) is 15.9. The molecular formula is C20H21N3O2. The number of ether oxygens (including phenoxy) is 1. The summed E-state index contributed by atoms with van der Waals surface area (Å²) in [7, 11) is 1.79. The zero-order chi connectivity index (χ0) is 17.4. The highest BCUT2D eigenvalue weighted by atomic mass is 16.5. The number of hydrogen-bond donors (Lipinski definition) is 1. The predicted molar refractivity (Wildman–Crippen MR) is 92.9 cm³/mol. The number of fused-ring (bicyclic) bond motifs is 1. The van der Waals surface area contributed by atoms with Crippen molar-refractivity contribution in [2.45, 2.75) is 25.0 Å². The molecule has 4 unspecified atom stereocenters. The van der Waals surface area contributed by atoms with E-state index in [1.807, 2.05) is 18.2 Å². The van der Waals surface area contributed by atoms with Crippen LogP contribution in [0.4, 0.5) is 0 Å². The molecule has 1 aromatic carbocycles. The highest BCUT2D eigenvalue weighted by Gasteiger charge is 2.54. The number of carbonyl (C=O) groups excluding carboxylic acids is 1. The van der Waals surface area contributed by atoms with Gasteiger partial charge in [0.05, 0.1) is 11.7 Å². The van der Waals surface area contributed by atoms with Crippen LogP contribution in [0.25, 0.3) is 0 Å². The first-order valence-electron chi connectivity index (χ1n) is 8.70. The molecule has 4 rings (SSSR count). The predicted octanol–water partition coefficient (Wildman–Crippen LogP) is 2.27. The Balaban J connectivity index is 1.50. The molecule has 4 atom stereocenters. The van der Waals surface area contributed by atoms with E-state index in [2.05, 4.69) is 23.5 Å². The summed E-state index contributed by atoms with van der Waals surface area (Å²) in [5, 5.41) is 12.2. The number of hydrogen-bond acceptors (Lipinski definition) is 3. The van der Waals surface area contributed by atoms with Crippen LogP contribution in [-0.4, -0.2) is 29.2 Å². The average Bonchev–Trinajstić information content (AvgIpc) is 3.22. The lowest BCUT2D eigenvalue weighted by Gasteiger charge is -2.48. The summed E-state index contributed by atoms with van der Waals surface area (Å²) in [5.74, 6) is 0.584. The number of aromatic nitrogens is 1. The van der Waals surface area contributed by atoms with E-state index < -0.39 is 0 Å². The van der Waals surface area contributed by atoms with Gasteiger partial charge in [0, 0.05) is 37.7 Å². The zero-order valence-electron chi connectivity index (χ0n) is 14.2. The van der Waals surface area contributed by atoms with Crippen molar-refractivity contribution >= 4 is 5.91 Å². The third-order valence-corrected chi connectivity index (χ3v) is 5.51. The molecule has 5 nitrogen and oxygen atoms in total. The van der Waals surface area contributed by atoms with Crippen molar-refractivity contribution in [2.75, 3.05) is 6.61 Å². The van der Waals surface area contributed by atoms with Gasteiger partial charge in [-0.25, -0.2) is 0 Å². The fourth-order valence-electron chi connectivity index (χ4n) is 4.25. The topological polar surface area (TPSA) is 67.0 Å². The molecule has 1 amide bonds. The Morgan fingerprint density at radius 1 is 1.40 bits per heavy atom. The SMILES string of the molecule is Cn1cc(C#N)cc1C(=O)NC1C2CCOC2C1Cc1ccccc1. The first-order valence-corrected chi connectivity index (χ1v) is 8.70. The largest absolute Gasteiger partial charge is 0.377 e. The summed E-state index contributed by atoms with van der Waals surface area (Å²) >= 11 is 0. The maximum atomic E-state index is 12.7. The Morgan fingerprint density at radius 2 is 2.20 bits per heavy atom. The van der Waals surface area contributed by atoms with Crippen LogP contribution in [0.5, 0.6) is 0 Å². The molecule has 1 saturated carbocycles. The van der Waals surface area contributed by atoms with Crippen LogP contribution < -0.4 is 5.32 Å². The molecule has 1 saturated heterocycles. The molecule has 1 aromatic heterocycles. The van der Waals surface area contributed by atoms with Crippen molar-refractivity contribution in [3.05, 3.63) is 59.4 Å². The number of nitrogens with one attached hydrogen (secondary N) is 1. The molecule has 0 spiro atoms. The summed E-state index contributed by atoms with van der Waals surface area (Å²) in [6.07, 6.45) is 3.83. The van der Waals surface area contributed by atoms with Gasteiger partial charge in [0.15, 0.2) is 0 Å². The van der Waals surface area contributed by atoms with Crippen molar-refractivity contribution in [1.82, 2.24) is 9.88 Å². The van der Waals surface area contributed by atoms with Gasteiger partial charge in [-0.3, -0.25) is 4.79 Å². The van der Waals surface area contributed by atoms with Crippen molar-refractivity contribution in [1.29, 1.82) is 5.26 Å². The maximum absolute atomic E-state index is 12.7. The molecule has 128 valence electrons. The summed E-state index contributed by atoms with van der Waals surface area (Å²) < 4.78 is 7.61. The number of nitrogens with zero attached hydrogens (tertiary/aromatic N) is 2. The van der Waals surface area contributed by atoms with E-state index in [1.54, 1.807) is 23.9 Å². The van der Waals surface area contributed by atoms with Gasteiger partial charge in [-0.05, 0) is 24.5 Å². The molecule has 2 fully saturated rings. The summed E-state index contributed by atoms with van der Waals surface area (Å²) in [6, 6.07) is 14.2. The van der Waals surface area contributed by atoms with Crippen LogP contribution in [0.1, 0.15) is 28.0 Å². The Hall–Kier alpha value is -2.58. The second-order valence-electron chi connectivity index (χ2n) is 6.98. The van der Waals surface area contributed by atoms with Gasteiger partial charge in [-0.1, -0.05) is 30.3 Å². The number of rotatable bonds is 4. The minimum atomic E-state index is -0.114. The van der Waals surface area contributed by atoms with Gasteiger partial charge in [-0.15, -0.1) is 0 Å². The molecule has 1 N–H and O–H groups in total. The molecule has 0 radical (unpaired) electrons. The highest BCUT2D eigenvalue weighted by Crippen LogP contribution is 2.45. The monoisotopic (exact) mass is 335 g/mol. The van der Waals surface area contributed by atoms with Crippen molar-refractivity contribution in [3.63, 3.8) is 0 Å². The van der Waals surface area contributed by atoms with Gasteiger partial charge >= 0.3 is 0 Å². The van der Waals surface area contributed by atoms with E-state index in [4.69, 9.17) is 10.00 Å². The summed E-state index contributed by atoms with van der Waals surface area (Å²) in [5.41, 5.74) is 2.30. The average molecular weight is 335 g/mol. The molecule has 1 aliphatic carbocycles. The van der Waals surface area contributed by atoms with Gasteiger partial charge < -0.3 is 14.6 Å². The quantitative estimate of drug-likeness (QED) is 0.932. The molecule has 0 bridgehead atoms. The molecule has 2 aromatic rings. The standard InChI is InChI=1S/C20H21N3O2/c1-23-12-14(11-21)10-17(23)20(24)22-18-15-7-8-25-19(15)16(18)9-13-5-3-2-4-6-13/h2-6,10,12,15-16,18-19H,7-9H2,1H3,(H,22,24). The normalized spacial score (nSPS) is 27.2. The minimum absolute atomic E-state index is 0.114. The molecular weight excluding hydrogens is 314 g/mol. The lowest BCUT2D eigenvalue weighted by atomic mass is 9.64. The maximum Gasteiger partial charge on any atom is 0.268 e. The number of amides is 1. The van der Waals surface area contributed by atoms with Gasteiger partial charge in [-0.2, -0.15) is 5.26 Å². The van der Waals surface area contributed by atoms with Gasteiger partial charge in [0.1, 0.15) is 11.8 Å². The van der Waals surface area contributed by atoms with Crippen LogP contribution >= 0.6 is 0 Å². The molecule has 25 heavy (non-hydrogen) atoms. The minimum Gasteiger partial charge on any atom is -0.377 e. The molecule has 5 heteroatoms. The van der Waals surface area contributed by atoms with Gasteiger partial charge in [0.25, 0.3) is 5.91 Å². The smallest absolute Gasteiger partial charge is 0.268 e. The molecule has 1 aliphatic heterocycles. The van der Waals surface area contributed by atoms with Crippen molar-refractivity contribution in [3.8, 4) is 6.07 Å². The Kier molecular flexibility index (Phi) is 4.06. The van der Waals surface area contributed by atoms with Crippen LogP contribution in [0.3, 0.4) is 0 Å². The Morgan fingerprint density at radius 3 is 2.92 bits per heavy atom. The second kappa shape index (κ2) is 6.38. The Labute approximate surface area is 147 Å². The van der Waals surface area contributed by atoms with Crippen molar-refractivity contribution in [2.24, 2.45) is 18.9 Å². The van der Waals surface area contributed by atoms with E-state index in [-0.39, 0.29) is 18.1 Å². The van der Waals surface area contributed by atoms with E-state index in [0.717, 1.165) is 19.4 Å². The third kappa shape index (κ3) is 2.83. The summed E-state index contributed by atoms with van der Waals surface area (Å²) in [6.45, 7) is 0.774. The molecule has 2 heterocycles. The first-order chi connectivity index (χ1) is 12.2. The fourth-order valence-corrected chi connectivity index (χ4v) is 4.25. The zero-order valence-corrected chi connectivity index (χ0v) is 14.2. The summed E-state index contributed by atoms with van der Waals surface area (Å²) in [4.78, 5) is 12.7. The van der Waals surface area contributed by atoms with E-state index in [1.165, 1.54) is 5.56 Å². The number of benzene rings is 1. The van der Waals surface area contributed by atoms with Crippen LogP contribution in [0.2, 0.25) is 0 Å². The number of aryl methyl sites for hydroxylation is 1. The second-order valence-corrected chi connectivity index (χ2v) is 6.98. The third-order valence-electron chi connectivity index (χ3n) is 5.51. The highest BCUT2D eigenvalue weighted by molar-refractivity contribution is 5.93. The van der Waals surface area contributed by atoms with E-state index in [9.17, 15) is 4.79 Å². The Bertz CT molecular complexity index is 821. The van der Waals surface area contributed by atoms with E-state index >= 15 is 0 Å². The van der Waals surface area contributed by atoms with E-state index in [0.29, 0.717) is 23.1 Å². The lowest BCUT2D eigenvalue weighted by Crippen LogP contribution is -2.62. The van der Waals surface area contributed by atoms with Crippen LogP contribution in [0.15, 0.2) is 42.6 Å². The van der Waals surface area contributed by atoms with Crippen LogP contribution in [0, 0.1) is 23.2 Å². The van der Waals surface area contributed by atoms with Crippen molar-refractivity contribution < 1.29 is 9.53 Å². The number of carbonyl (C=O) groups is 1.